The summed E-state index contributed by atoms with van der Waals surface area (Å²) in [7, 11) is 1.61. The van der Waals surface area contributed by atoms with E-state index in [-0.39, 0.29) is 6.61 Å². The third kappa shape index (κ3) is 8.56. The van der Waals surface area contributed by atoms with Gasteiger partial charge in [-0.2, -0.15) is 13.2 Å². The van der Waals surface area contributed by atoms with E-state index in [4.69, 9.17) is 4.74 Å². The third-order valence-electron chi connectivity index (χ3n) is 1.91. The fraction of sp³-hybridized carbons (Fsp3) is 0.800. The SMILES string of the molecule is COCCNc1nnc(SCCCOCC(F)(F)F)s1. The van der Waals surface area contributed by atoms with E-state index in [2.05, 4.69) is 20.3 Å². The van der Waals surface area contributed by atoms with Crippen molar-refractivity contribution in [1.82, 2.24) is 10.2 Å². The molecule has 0 atom stereocenters. The molecule has 1 rings (SSSR count). The number of methoxy groups -OCH3 is 1. The second kappa shape index (κ2) is 9.37. The predicted molar refractivity (Wildman–Crippen MR) is 72.5 cm³/mol. The zero-order valence-corrected chi connectivity index (χ0v) is 12.5. The number of ether oxygens (including phenoxy) is 2. The largest absolute Gasteiger partial charge is 0.411 e. The van der Waals surface area contributed by atoms with E-state index in [0.717, 1.165) is 4.34 Å². The first-order valence-corrected chi connectivity index (χ1v) is 7.65. The van der Waals surface area contributed by atoms with Gasteiger partial charge in [0.25, 0.3) is 0 Å². The number of halogens is 3. The van der Waals surface area contributed by atoms with Crippen LogP contribution in [-0.4, -0.2) is 55.6 Å². The molecule has 0 unspecified atom stereocenters. The number of anilines is 1. The number of rotatable bonds is 10. The van der Waals surface area contributed by atoms with Gasteiger partial charge in [-0.15, -0.1) is 10.2 Å². The average Bonchev–Trinajstić information content (AvgIpc) is 2.81. The lowest BCUT2D eigenvalue weighted by Gasteiger charge is -2.06. The van der Waals surface area contributed by atoms with Crippen molar-refractivity contribution in [1.29, 1.82) is 0 Å². The number of nitrogens with one attached hydrogen (secondary N) is 1. The van der Waals surface area contributed by atoms with Crippen LogP contribution < -0.4 is 5.32 Å². The molecule has 0 aliphatic rings. The van der Waals surface area contributed by atoms with Gasteiger partial charge in [-0.05, 0) is 6.42 Å². The molecule has 0 saturated carbocycles. The molecular formula is C10H16F3N3O2S2. The molecule has 0 radical (unpaired) electrons. The van der Waals surface area contributed by atoms with Crippen LogP contribution in [-0.2, 0) is 9.47 Å². The van der Waals surface area contributed by atoms with E-state index >= 15 is 0 Å². The summed E-state index contributed by atoms with van der Waals surface area (Å²) < 4.78 is 45.6. The fourth-order valence-electron chi connectivity index (χ4n) is 1.11. The Hall–Kier alpha value is -0.580. The van der Waals surface area contributed by atoms with E-state index < -0.39 is 12.8 Å². The fourth-order valence-corrected chi connectivity index (χ4v) is 2.87. The third-order valence-corrected chi connectivity index (χ3v) is 4.01. The normalized spacial score (nSPS) is 11.8. The van der Waals surface area contributed by atoms with Crippen LogP contribution in [0.15, 0.2) is 4.34 Å². The van der Waals surface area contributed by atoms with Crippen LogP contribution >= 0.6 is 23.1 Å². The Bertz CT molecular complexity index is 377. The molecule has 5 nitrogen and oxygen atoms in total. The Morgan fingerprint density at radius 2 is 2.10 bits per heavy atom. The van der Waals surface area contributed by atoms with Gasteiger partial charge in [0.05, 0.1) is 6.61 Å². The maximum Gasteiger partial charge on any atom is 0.411 e. The Kier molecular flexibility index (Phi) is 8.19. The molecule has 0 aliphatic carbocycles. The molecule has 1 N–H and O–H groups in total. The molecule has 1 aromatic rings. The summed E-state index contributed by atoms with van der Waals surface area (Å²) in [6.45, 7) is 0.133. The summed E-state index contributed by atoms with van der Waals surface area (Å²) in [6, 6.07) is 0. The van der Waals surface area contributed by atoms with Crippen LogP contribution in [0, 0.1) is 0 Å². The quantitative estimate of drug-likeness (QED) is 0.525. The van der Waals surface area contributed by atoms with Crippen molar-refractivity contribution >= 4 is 28.2 Å². The number of thioether (sulfide) groups is 1. The number of hydrogen-bond acceptors (Lipinski definition) is 7. The maximum atomic E-state index is 11.8. The van der Waals surface area contributed by atoms with Crippen molar-refractivity contribution in [2.45, 2.75) is 16.9 Å². The number of hydrogen-bond donors (Lipinski definition) is 1. The van der Waals surface area contributed by atoms with Crippen LogP contribution in [0.2, 0.25) is 0 Å². The molecule has 116 valence electrons. The van der Waals surface area contributed by atoms with E-state index in [1.165, 1.54) is 23.1 Å². The summed E-state index contributed by atoms with van der Waals surface area (Å²) >= 11 is 2.86. The lowest BCUT2D eigenvalue weighted by Crippen LogP contribution is -2.17. The lowest BCUT2D eigenvalue weighted by atomic mass is 10.5. The van der Waals surface area contributed by atoms with Gasteiger partial charge in [-0.3, -0.25) is 0 Å². The van der Waals surface area contributed by atoms with Crippen LogP contribution in [0.3, 0.4) is 0 Å². The van der Waals surface area contributed by atoms with E-state index in [1.807, 2.05) is 0 Å². The highest BCUT2D eigenvalue weighted by atomic mass is 32.2. The van der Waals surface area contributed by atoms with Gasteiger partial charge in [-0.25, -0.2) is 0 Å². The highest BCUT2D eigenvalue weighted by molar-refractivity contribution is 8.01. The maximum absolute atomic E-state index is 11.8. The summed E-state index contributed by atoms with van der Waals surface area (Å²) in [5.74, 6) is 0.643. The van der Waals surface area contributed by atoms with Crippen LogP contribution in [0.1, 0.15) is 6.42 Å². The molecule has 20 heavy (non-hydrogen) atoms. The second-order valence-electron chi connectivity index (χ2n) is 3.66. The molecule has 0 spiro atoms. The molecule has 1 aromatic heterocycles. The highest BCUT2D eigenvalue weighted by Crippen LogP contribution is 2.25. The number of aromatic nitrogens is 2. The Morgan fingerprint density at radius 1 is 1.30 bits per heavy atom. The van der Waals surface area contributed by atoms with Crippen molar-refractivity contribution in [3.63, 3.8) is 0 Å². The van der Waals surface area contributed by atoms with Crippen LogP contribution in [0.4, 0.5) is 18.3 Å². The first-order chi connectivity index (χ1) is 9.51. The monoisotopic (exact) mass is 331 g/mol. The van der Waals surface area contributed by atoms with Gasteiger partial charge in [0.2, 0.25) is 5.13 Å². The topological polar surface area (TPSA) is 56.3 Å². The summed E-state index contributed by atoms with van der Waals surface area (Å²) in [4.78, 5) is 0. The molecule has 0 aliphatic heterocycles. The standard InChI is InChI=1S/C10H16F3N3O2S2/c1-17-5-3-14-8-15-16-9(20-8)19-6-2-4-18-7-10(11,12)13/h2-7H2,1H3,(H,14,15). The van der Waals surface area contributed by atoms with Crippen molar-refractivity contribution < 1.29 is 22.6 Å². The van der Waals surface area contributed by atoms with E-state index in [9.17, 15) is 13.2 Å². The lowest BCUT2D eigenvalue weighted by molar-refractivity contribution is -0.173. The Morgan fingerprint density at radius 3 is 2.80 bits per heavy atom. The van der Waals surface area contributed by atoms with Crippen molar-refractivity contribution in [2.75, 3.05) is 44.5 Å². The summed E-state index contributed by atoms with van der Waals surface area (Å²) in [5.41, 5.74) is 0. The number of nitrogens with zero attached hydrogens (tertiary/aromatic N) is 2. The molecule has 1 heterocycles. The molecule has 0 aromatic carbocycles. The predicted octanol–water partition coefficient (Wildman–Crippen LogP) is 2.66. The smallest absolute Gasteiger partial charge is 0.383 e. The first-order valence-electron chi connectivity index (χ1n) is 5.85. The van der Waals surface area contributed by atoms with Gasteiger partial charge in [0.15, 0.2) is 4.34 Å². The van der Waals surface area contributed by atoms with Crippen molar-refractivity contribution in [2.24, 2.45) is 0 Å². The van der Waals surface area contributed by atoms with Gasteiger partial charge >= 0.3 is 6.18 Å². The van der Waals surface area contributed by atoms with Gasteiger partial charge < -0.3 is 14.8 Å². The Balaban J connectivity index is 2.07. The minimum absolute atomic E-state index is 0.0876. The highest BCUT2D eigenvalue weighted by Gasteiger charge is 2.27. The van der Waals surface area contributed by atoms with Crippen molar-refractivity contribution in [3.05, 3.63) is 0 Å². The average molecular weight is 331 g/mol. The van der Waals surface area contributed by atoms with E-state index in [0.29, 0.717) is 30.5 Å². The molecule has 0 amide bonds. The zero-order valence-electron chi connectivity index (χ0n) is 10.9. The van der Waals surface area contributed by atoms with Crippen LogP contribution in [0.25, 0.3) is 0 Å². The second-order valence-corrected chi connectivity index (χ2v) is 5.98. The van der Waals surface area contributed by atoms with Gasteiger partial charge in [0, 0.05) is 26.0 Å². The number of alkyl halides is 3. The van der Waals surface area contributed by atoms with Gasteiger partial charge in [0.1, 0.15) is 6.61 Å². The van der Waals surface area contributed by atoms with Gasteiger partial charge in [-0.1, -0.05) is 23.1 Å². The van der Waals surface area contributed by atoms with Crippen molar-refractivity contribution in [3.8, 4) is 0 Å². The minimum atomic E-state index is -4.25. The first kappa shape index (κ1) is 17.5. The minimum Gasteiger partial charge on any atom is -0.383 e. The molecular weight excluding hydrogens is 315 g/mol. The summed E-state index contributed by atoms with van der Waals surface area (Å²) in [6.07, 6.45) is -3.72. The molecule has 0 saturated heterocycles. The van der Waals surface area contributed by atoms with E-state index in [1.54, 1.807) is 7.11 Å². The van der Waals surface area contributed by atoms with Crippen LogP contribution in [0.5, 0.6) is 0 Å². The molecule has 0 fully saturated rings. The zero-order chi connectivity index (χ0) is 14.8. The Labute approximate surface area is 123 Å². The molecule has 10 heteroatoms. The summed E-state index contributed by atoms with van der Waals surface area (Å²) in [5, 5.41) is 11.7. The molecule has 0 bridgehead atoms.